The molecular formula is C21H29N3O2S. The lowest BCUT2D eigenvalue weighted by atomic mass is 9.74. The normalized spacial score (nSPS) is 18.2. The van der Waals surface area contributed by atoms with Gasteiger partial charge in [0.2, 0.25) is 5.91 Å². The molecule has 3 rings (SSSR count). The fourth-order valence-electron chi connectivity index (χ4n) is 3.98. The summed E-state index contributed by atoms with van der Waals surface area (Å²) >= 11 is 1.54. The first kappa shape index (κ1) is 19.9. The minimum Gasteiger partial charge on any atom is -0.466 e. The summed E-state index contributed by atoms with van der Waals surface area (Å²) in [6.07, 6.45) is 4.91. The van der Waals surface area contributed by atoms with Gasteiger partial charge >= 0.3 is 0 Å². The zero-order chi connectivity index (χ0) is 19.8. The van der Waals surface area contributed by atoms with Crippen LogP contribution in [-0.4, -0.2) is 22.1 Å². The molecule has 2 aromatic rings. The van der Waals surface area contributed by atoms with Crippen LogP contribution in [0.2, 0.25) is 0 Å². The van der Waals surface area contributed by atoms with Crippen LogP contribution in [0.1, 0.15) is 66.8 Å². The van der Waals surface area contributed by atoms with Gasteiger partial charge in [0.25, 0.3) is 0 Å². The minimum atomic E-state index is 0.0195. The molecule has 27 heavy (non-hydrogen) atoms. The molecule has 2 aromatic heterocycles. The van der Waals surface area contributed by atoms with Gasteiger partial charge in [0, 0.05) is 29.8 Å². The largest absolute Gasteiger partial charge is 0.466 e. The third-order valence-corrected chi connectivity index (χ3v) is 5.80. The molecule has 6 heteroatoms. The molecule has 0 aliphatic heterocycles. The molecule has 0 saturated carbocycles. The maximum absolute atomic E-state index is 12.7. The average molecular weight is 388 g/mol. The molecule has 2 heterocycles. The summed E-state index contributed by atoms with van der Waals surface area (Å²) in [6, 6.07) is 2.09. The highest BCUT2D eigenvalue weighted by Crippen LogP contribution is 2.42. The topological polar surface area (TPSA) is 68.0 Å². The SMILES string of the molecule is CSc1nc(C)c(CCC(=O)N[C@H]2CC(C)(C)Cc3oc(C)cc32)c(C)n1. The molecular weight excluding hydrogens is 358 g/mol. The van der Waals surface area contributed by atoms with E-state index in [4.69, 9.17) is 4.42 Å². The van der Waals surface area contributed by atoms with Crippen molar-refractivity contribution in [2.75, 3.05) is 6.26 Å². The van der Waals surface area contributed by atoms with Crippen molar-refractivity contribution in [3.8, 4) is 0 Å². The van der Waals surface area contributed by atoms with Crippen LogP contribution < -0.4 is 5.32 Å². The molecule has 1 atom stereocenters. The van der Waals surface area contributed by atoms with E-state index in [1.807, 2.05) is 27.0 Å². The Morgan fingerprint density at radius 3 is 2.59 bits per heavy atom. The van der Waals surface area contributed by atoms with Gasteiger partial charge in [0.05, 0.1) is 6.04 Å². The fourth-order valence-corrected chi connectivity index (χ4v) is 4.44. The monoisotopic (exact) mass is 387 g/mol. The van der Waals surface area contributed by atoms with Crippen LogP contribution >= 0.6 is 11.8 Å². The minimum absolute atomic E-state index is 0.0195. The Labute approximate surface area is 165 Å². The first-order valence-corrected chi connectivity index (χ1v) is 10.7. The van der Waals surface area contributed by atoms with Gasteiger partial charge in [0.15, 0.2) is 5.16 Å². The zero-order valence-corrected chi connectivity index (χ0v) is 17.9. The number of carbonyl (C=O) groups excluding carboxylic acids is 1. The Bertz CT molecular complexity index is 834. The lowest BCUT2D eigenvalue weighted by Gasteiger charge is -2.34. The maximum Gasteiger partial charge on any atom is 0.220 e. The molecule has 0 radical (unpaired) electrons. The summed E-state index contributed by atoms with van der Waals surface area (Å²) in [4.78, 5) is 21.7. The van der Waals surface area contributed by atoms with Crippen molar-refractivity contribution in [3.05, 3.63) is 40.1 Å². The van der Waals surface area contributed by atoms with Gasteiger partial charge in [-0.1, -0.05) is 25.6 Å². The molecule has 0 spiro atoms. The molecule has 0 fully saturated rings. The van der Waals surface area contributed by atoms with E-state index >= 15 is 0 Å². The summed E-state index contributed by atoms with van der Waals surface area (Å²) in [5.74, 6) is 1.99. The number of hydrogen-bond donors (Lipinski definition) is 1. The highest BCUT2D eigenvalue weighted by atomic mass is 32.2. The predicted molar refractivity (Wildman–Crippen MR) is 108 cm³/mol. The molecule has 1 aliphatic rings. The number of nitrogens with zero attached hydrogens (tertiary/aromatic N) is 2. The molecule has 1 aliphatic carbocycles. The predicted octanol–water partition coefficient (Wildman–Crippen LogP) is 4.48. The van der Waals surface area contributed by atoms with Crippen LogP contribution in [0.15, 0.2) is 15.6 Å². The Hall–Kier alpha value is -1.82. The van der Waals surface area contributed by atoms with Crippen molar-refractivity contribution < 1.29 is 9.21 Å². The first-order chi connectivity index (χ1) is 12.7. The lowest BCUT2D eigenvalue weighted by molar-refractivity contribution is -0.122. The number of carbonyl (C=O) groups is 1. The molecule has 0 bridgehead atoms. The standard InChI is InChI=1S/C21H29N3O2S/c1-12-9-16-17(10-21(4,5)11-18(16)26-12)24-19(25)8-7-15-13(2)22-20(27-6)23-14(15)3/h9,17H,7-8,10-11H2,1-6H3,(H,24,25)/t17-/m0/s1. The Morgan fingerprint density at radius 1 is 1.30 bits per heavy atom. The van der Waals surface area contributed by atoms with Crippen LogP contribution in [0, 0.1) is 26.2 Å². The van der Waals surface area contributed by atoms with Gasteiger partial charge in [-0.15, -0.1) is 0 Å². The lowest BCUT2D eigenvalue weighted by Crippen LogP contribution is -2.36. The van der Waals surface area contributed by atoms with Crippen molar-refractivity contribution in [2.45, 2.75) is 71.5 Å². The number of fused-ring (bicyclic) bond motifs is 1. The third kappa shape index (κ3) is 4.54. The van der Waals surface area contributed by atoms with Gasteiger partial charge in [-0.05, 0) is 56.9 Å². The number of aryl methyl sites for hydroxylation is 3. The van der Waals surface area contributed by atoms with Crippen molar-refractivity contribution in [3.63, 3.8) is 0 Å². The van der Waals surface area contributed by atoms with Gasteiger partial charge in [-0.3, -0.25) is 4.79 Å². The molecule has 0 unspecified atom stereocenters. The molecule has 146 valence electrons. The second kappa shape index (κ2) is 7.66. The Morgan fingerprint density at radius 2 is 1.96 bits per heavy atom. The van der Waals surface area contributed by atoms with Crippen LogP contribution in [0.5, 0.6) is 0 Å². The number of nitrogens with one attached hydrogen (secondary N) is 1. The van der Waals surface area contributed by atoms with Gasteiger partial charge in [-0.25, -0.2) is 9.97 Å². The molecule has 5 nitrogen and oxygen atoms in total. The Balaban J connectivity index is 1.68. The number of aromatic nitrogens is 2. The molecule has 0 saturated heterocycles. The van der Waals surface area contributed by atoms with Gasteiger partial charge in [-0.2, -0.15) is 0 Å². The van der Waals surface area contributed by atoms with E-state index in [0.29, 0.717) is 12.8 Å². The second-order valence-corrected chi connectivity index (χ2v) is 9.03. The van der Waals surface area contributed by atoms with Crippen molar-refractivity contribution in [1.29, 1.82) is 0 Å². The zero-order valence-electron chi connectivity index (χ0n) is 17.1. The van der Waals surface area contributed by atoms with Crippen molar-refractivity contribution >= 4 is 17.7 Å². The highest BCUT2D eigenvalue weighted by Gasteiger charge is 2.35. The smallest absolute Gasteiger partial charge is 0.220 e. The molecule has 1 N–H and O–H groups in total. The van der Waals surface area contributed by atoms with Gasteiger partial charge < -0.3 is 9.73 Å². The second-order valence-electron chi connectivity index (χ2n) is 8.26. The quantitative estimate of drug-likeness (QED) is 0.605. The van der Waals surface area contributed by atoms with Crippen LogP contribution in [0.25, 0.3) is 0 Å². The molecule has 0 aromatic carbocycles. The number of furan rings is 1. The fraction of sp³-hybridized carbons (Fsp3) is 0.571. The highest BCUT2D eigenvalue weighted by molar-refractivity contribution is 7.98. The van der Waals surface area contributed by atoms with E-state index < -0.39 is 0 Å². The Kier molecular flexibility index (Phi) is 5.65. The summed E-state index contributed by atoms with van der Waals surface area (Å²) in [6.45, 7) is 10.4. The third-order valence-electron chi connectivity index (χ3n) is 5.26. The summed E-state index contributed by atoms with van der Waals surface area (Å²) in [7, 11) is 0. The van der Waals surface area contributed by atoms with Crippen LogP contribution in [-0.2, 0) is 17.6 Å². The number of hydrogen-bond acceptors (Lipinski definition) is 5. The first-order valence-electron chi connectivity index (χ1n) is 9.45. The summed E-state index contributed by atoms with van der Waals surface area (Å²) in [5.41, 5.74) is 4.26. The van der Waals surface area contributed by atoms with E-state index in [1.165, 1.54) is 11.8 Å². The summed E-state index contributed by atoms with van der Waals surface area (Å²) < 4.78 is 5.87. The van der Waals surface area contributed by atoms with E-state index in [-0.39, 0.29) is 17.4 Å². The average Bonchev–Trinajstić information content (AvgIpc) is 2.92. The van der Waals surface area contributed by atoms with Crippen molar-refractivity contribution in [1.82, 2.24) is 15.3 Å². The van der Waals surface area contributed by atoms with Crippen molar-refractivity contribution in [2.24, 2.45) is 5.41 Å². The van der Waals surface area contributed by atoms with E-state index in [0.717, 1.165) is 52.0 Å². The van der Waals surface area contributed by atoms with Gasteiger partial charge in [0.1, 0.15) is 11.5 Å². The molecule has 1 amide bonds. The number of thioether (sulfide) groups is 1. The van der Waals surface area contributed by atoms with E-state index in [9.17, 15) is 4.79 Å². The summed E-state index contributed by atoms with van der Waals surface area (Å²) in [5, 5.41) is 4.01. The van der Waals surface area contributed by atoms with Crippen LogP contribution in [0.3, 0.4) is 0 Å². The van der Waals surface area contributed by atoms with E-state index in [2.05, 4.69) is 35.2 Å². The number of rotatable bonds is 5. The van der Waals surface area contributed by atoms with E-state index in [1.54, 1.807) is 0 Å². The van der Waals surface area contributed by atoms with Crippen LogP contribution in [0.4, 0.5) is 0 Å². The number of amides is 1. The maximum atomic E-state index is 12.7.